The van der Waals surface area contributed by atoms with Crippen molar-refractivity contribution in [1.82, 2.24) is 10.3 Å². The van der Waals surface area contributed by atoms with Crippen molar-refractivity contribution in [3.05, 3.63) is 103 Å². The van der Waals surface area contributed by atoms with E-state index in [1.165, 1.54) is 0 Å². The van der Waals surface area contributed by atoms with Gasteiger partial charge in [0.25, 0.3) is 0 Å². The fourth-order valence-electron chi connectivity index (χ4n) is 3.72. The molecule has 2 aromatic carbocycles. The van der Waals surface area contributed by atoms with Gasteiger partial charge >= 0.3 is 0 Å². The number of phenolic OH excluding ortho intramolecular Hbond substituents is 1. The molecule has 4 aromatic rings. The van der Waals surface area contributed by atoms with E-state index in [4.69, 9.17) is 16.6 Å². The molecule has 7 heteroatoms. The largest absolute Gasteiger partial charge is 0.506 e. The Balaban J connectivity index is 1.55. The molecule has 0 aliphatic carbocycles. The Morgan fingerprint density at radius 1 is 0.935 bits per heavy atom. The van der Waals surface area contributed by atoms with Crippen molar-refractivity contribution in [3.63, 3.8) is 0 Å². The maximum atomic E-state index is 10.5. The molecule has 0 bridgehead atoms. The van der Waals surface area contributed by atoms with Gasteiger partial charge in [-0.05, 0) is 60.7 Å². The first kappa shape index (κ1) is 19.7. The van der Waals surface area contributed by atoms with Gasteiger partial charge in [0.05, 0.1) is 17.4 Å². The first-order valence-corrected chi connectivity index (χ1v) is 11.0. The van der Waals surface area contributed by atoms with Crippen molar-refractivity contribution >= 4 is 34.8 Å². The fraction of sp³-hybridized carbons (Fsp3) is 0.0833. The van der Waals surface area contributed by atoms with Gasteiger partial charge in [-0.15, -0.1) is 0 Å². The summed E-state index contributed by atoms with van der Waals surface area (Å²) in [4.78, 5) is 7.54. The molecule has 31 heavy (non-hydrogen) atoms. The van der Waals surface area contributed by atoms with Crippen LogP contribution in [0.3, 0.4) is 0 Å². The van der Waals surface area contributed by atoms with Crippen molar-refractivity contribution in [2.45, 2.75) is 22.1 Å². The van der Waals surface area contributed by atoms with Crippen LogP contribution in [0.15, 0.2) is 106 Å². The summed E-state index contributed by atoms with van der Waals surface area (Å²) in [6, 6.07) is 26.4. The molecule has 154 valence electrons. The monoisotopic (exact) mass is 445 g/mol. The van der Waals surface area contributed by atoms with Gasteiger partial charge in [-0.3, -0.25) is 4.98 Å². The molecule has 1 aliphatic heterocycles. The summed E-state index contributed by atoms with van der Waals surface area (Å²) in [7, 11) is 0. The van der Waals surface area contributed by atoms with Gasteiger partial charge < -0.3 is 19.7 Å². The first-order chi connectivity index (χ1) is 15.2. The molecule has 0 amide bonds. The third kappa shape index (κ3) is 3.89. The molecule has 2 aromatic heterocycles. The number of hydrogen-bond acceptors (Lipinski definition) is 5. The molecule has 0 spiro atoms. The molecular formula is C24H19N3O2S2. The number of pyridine rings is 1. The molecule has 1 aliphatic rings. The zero-order chi connectivity index (χ0) is 21.2. The lowest BCUT2D eigenvalue weighted by molar-refractivity contribution is 0.382. The van der Waals surface area contributed by atoms with Gasteiger partial charge in [0.2, 0.25) is 0 Å². The van der Waals surface area contributed by atoms with Crippen molar-refractivity contribution in [2.75, 3.05) is 4.90 Å². The molecule has 2 atom stereocenters. The predicted molar refractivity (Wildman–Crippen MR) is 125 cm³/mol. The van der Waals surface area contributed by atoms with E-state index >= 15 is 0 Å². The van der Waals surface area contributed by atoms with E-state index < -0.39 is 0 Å². The number of nitrogens with zero attached hydrogens (tertiary/aromatic N) is 2. The molecule has 5 nitrogen and oxygen atoms in total. The van der Waals surface area contributed by atoms with Crippen LogP contribution in [0.25, 0.3) is 0 Å². The fourth-order valence-corrected chi connectivity index (χ4v) is 4.86. The zero-order valence-electron chi connectivity index (χ0n) is 16.4. The molecule has 0 radical (unpaired) electrons. The number of thiocarbonyl (C=S) groups is 1. The summed E-state index contributed by atoms with van der Waals surface area (Å²) < 4.78 is 6.28. The van der Waals surface area contributed by atoms with Crippen LogP contribution in [-0.2, 0) is 0 Å². The smallest absolute Gasteiger partial charge is 0.174 e. The second-order valence-electron chi connectivity index (χ2n) is 7.06. The minimum atomic E-state index is -0.305. The Labute approximate surface area is 189 Å². The van der Waals surface area contributed by atoms with Crippen molar-refractivity contribution < 1.29 is 9.52 Å². The highest BCUT2D eigenvalue weighted by Gasteiger charge is 2.43. The van der Waals surface area contributed by atoms with E-state index in [1.807, 2.05) is 77.7 Å². The lowest BCUT2D eigenvalue weighted by Crippen LogP contribution is -2.29. The number of aromatic hydroxyl groups is 1. The summed E-state index contributed by atoms with van der Waals surface area (Å²) in [6.07, 6.45) is 1.76. The third-order valence-electron chi connectivity index (χ3n) is 5.09. The SMILES string of the molecule is Oc1ccccc1N1C(=S)NC(c2ccccn2)C1c1ccc(Sc2ccccc2)o1. The maximum Gasteiger partial charge on any atom is 0.174 e. The maximum absolute atomic E-state index is 10.5. The molecule has 5 rings (SSSR count). The van der Waals surface area contributed by atoms with E-state index in [0.29, 0.717) is 10.8 Å². The normalized spacial score (nSPS) is 18.2. The van der Waals surface area contributed by atoms with E-state index in [9.17, 15) is 5.11 Å². The van der Waals surface area contributed by atoms with Crippen molar-refractivity contribution in [3.8, 4) is 5.75 Å². The van der Waals surface area contributed by atoms with Gasteiger partial charge in [0.15, 0.2) is 10.2 Å². The Hall–Kier alpha value is -3.29. The number of aromatic nitrogens is 1. The highest BCUT2D eigenvalue weighted by atomic mass is 32.2. The molecular weight excluding hydrogens is 426 g/mol. The second-order valence-corrected chi connectivity index (χ2v) is 8.52. The van der Waals surface area contributed by atoms with Crippen molar-refractivity contribution in [1.29, 1.82) is 0 Å². The number of phenols is 1. The topological polar surface area (TPSA) is 61.5 Å². The number of rotatable bonds is 5. The van der Waals surface area contributed by atoms with Crippen LogP contribution in [-0.4, -0.2) is 15.2 Å². The van der Waals surface area contributed by atoms with Crippen LogP contribution < -0.4 is 10.2 Å². The standard InChI is InChI=1S/C24H19N3O2S2/c28-19-12-5-4-11-18(19)27-23(22(26-24(27)30)17-10-6-7-15-25-17)20-13-14-21(29-20)31-16-8-2-1-3-9-16/h1-15,22-23,28H,(H,26,30). The number of para-hydroxylation sites is 2. The van der Waals surface area contributed by atoms with Crippen LogP contribution in [0.4, 0.5) is 5.69 Å². The van der Waals surface area contributed by atoms with E-state index in [2.05, 4.69) is 10.3 Å². The van der Waals surface area contributed by atoms with E-state index in [-0.39, 0.29) is 17.8 Å². The summed E-state index contributed by atoms with van der Waals surface area (Å²) in [5, 5.41) is 15.2. The summed E-state index contributed by atoms with van der Waals surface area (Å²) in [6.45, 7) is 0. The minimum absolute atomic E-state index is 0.156. The summed E-state index contributed by atoms with van der Waals surface area (Å²) in [5.41, 5.74) is 1.47. The van der Waals surface area contributed by atoms with Crippen LogP contribution >= 0.6 is 24.0 Å². The van der Waals surface area contributed by atoms with Crippen LogP contribution in [0.5, 0.6) is 5.75 Å². The Morgan fingerprint density at radius 2 is 1.71 bits per heavy atom. The predicted octanol–water partition coefficient (Wildman–Crippen LogP) is 5.71. The first-order valence-electron chi connectivity index (χ1n) is 9.82. The van der Waals surface area contributed by atoms with Gasteiger partial charge in [0, 0.05) is 11.1 Å². The third-order valence-corrected chi connectivity index (χ3v) is 6.34. The van der Waals surface area contributed by atoms with Gasteiger partial charge in [-0.25, -0.2) is 0 Å². The Morgan fingerprint density at radius 3 is 2.48 bits per heavy atom. The number of furan rings is 1. The lowest BCUT2D eigenvalue weighted by Gasteiger charge is -2.26. The Kier molecular flexibility index (Phi) is 5.36. The highest BCUT2D eigenvalue weighted by molar-refractivity contribution is 7.99. The second kappa shape index (κ2) is 8.45. The molecule has 3 heterocycles. The van der Waals surface area contributed by atoms with Crippen LogP contribution in [0, 0.1) is 0 Å². The number of hydrogen-bond donors (Lipinski definition) is 2. The Bertz CT molecular complexity index is 1200. The molecule has 1 fully saturated rings. The lowest BCUT2D eigenvalue weighted by atomic mass is 10.0. The summed E-state index contributed by atoms with van der Waals surface area (Å²) in [5.74, 6) is 0.897. The average Bonchev–Trinajstić information content (AvgIpc) is 3.39. The molecule has 1 saturated heterocycles. The number of nitrogens with one attached hydrogen (secondary N) is 1. The van der Waals surface area contributed by atoms with Crippen molar-refractivity contribution in [2.24, 2.45) is 0 Å². The van der Waals surface area contributed by atoms with Crippen LogP contribution in [0.2, 0.25) is 0 Å². The summed E-state index contributed by atoms with van der Waals surface area (Å²) >= 11 is 7.24. The average molecular weight is 446 g/mol. The zero-order valence-corrected chi connectivity index (χ0v) is 18.0. The quantitative estimate of drug-likeness (QED) is 0.382. The van der Waals surface area contributed by atoms with Crippen LogP contribution in [0.1, 0.15) is 23.5 Å². The minimum Gasteiger partial charge on any atom is -0.506 e. The molecule has 2 unspecified atom stereocenters. The van der Waals surface area contributed by atoms with Gasteiger partial charge in [-0.2, -0.15) is 0 Å². The number of anilines is 1. The highest BCUT2D eigenvalue weighted by Crippen LogP contribution is 2.45. The molecule has 2 N–H and O–H groups in total. The van der Waals surface area contributed by atoms with Gasteiger partial charge in [-0.1, -0.05) is 48.2 Å². The number of benzene rings is 2. The molecule has 0 saturated carbocycles. The van der Waals surface area contributed by atoms with E-state index in [1.54, 1.807) is 30.1 Å². The van der Waals surface area contributed by atoms with Gasteiger partial charge in [0.1, 0.15) is 17.6 Å². The van der Waals surface area contributed by atoms with E-state index in [0.717, 1.165) is 21.4 Å².